The lowest BCUT2D eigenvalue weighted by Crippen LogP contribution is -2.49. The van der Waals surface area contributed by atoms with E-state index in [0.717, 1.165) is 5.56 Å². The van der Waals surface area contributed by atoms with E-state index in [-0.39, 0.29) is 29.8 Å². The van der Waals surface area contributed by atoms with Crippen molar-refractivity contribution in [3.05, 3.63) is 71.0 Å². The van der Waals surface area contributed by atoms with Gasteiger partial charge in [-0.15, -0.1) is 0 Å². The van der Waals surface area contributed by atoms with Crippen LogP contribution in [0.25, 0.3) is 0 Å². The van der Waals surface area contributed by atoms with E-state index >= 15 is 0 Å². The molecule has 3 N–H and O–H groups in total. The summed E-state index contributed by atoms with van der Waals surface area (Å²) in [6.07, 6.45) is 0. The highest BCUT2D eigenvalue weighted by Crippen LogP contribution is 2.08. The van der Waals surface area contributed by atoms with Gasteiger partial charge in [-0.05, 0) is 47.9 Å². The molecule has 0 bridgehead atoms. The molecule has 1 atom stereocenters. The molecule has 0 spiro atoms. The minimum absolute atomic E-state index is 0.139. The zero-order valence-corrected chi connectivity index (χ0v) is 16.1. The average Bonchev–Trinajstić information content (AvgIpc) is 2.70. The molecule has 2 aromatic rings. The molecule has 7 heteroatoms. The van der Waals surface area contributed by atoms with Gasteiger partial charge in [0.05, 0.1) is 0 Å². The Bertz CT molecular complexity index is 833. The highest BCUT2D eigenvalue weighted by atomic mass is 19.1. The van der Waals surface area contributed by atoms with Gasteiger partial charge >= 0.3 is 0 Å². The van der Waals surface area contributed by atoms with E-state index in [0.29, 0.717) is 5.56 Å². The van der Waals surface area contributed by atoms with Crippen molar-refractivity contribution in [1.82, 2.24) is 16.0 Å². The standard InChI is InChI=1S/C21H24FN3O3/c1-13(2)18(25-20(27)16-8-10-17(22)11-9-16)21(28)24-12-14-4-6-15(7-5-14)19(26)23-3/h4-11,13,18H,12H2,1-3H3,(H,23,26)(H,24,28)(H,25,27). The Labute approximate surface area is 163 Å². The Balaban J connectivity index is 1.97. The van der Waals surface area contributed by atoms with Crippen LogP contribution >= 0.6 is 0 Å². The van der Waals surface area contributed by atoms with Gasteiger partial charge in [0.25, 0.3) is 11.8 Å². The highest BCUT2D eigenvalue weighted by molar-refractivity contribution is 5.97. The second-order valence-corrected chi connectivity index (χ2v) is 6.70. The number of nitrogens with one attached hydrogen (secondary N) is 3. The van der Waals surface area contributed by atoms with Gasteiger partial charge in [-0.25, -0.2) is 4.39 Å². The van der Waals surface area contributed by atoms with Crippen LogP contribution in [0, 0.1) is 11.7 Å². The highest BCUT2D eigenvalue weighted by Gasteiger charge is 2.24. The molecular formula is C21H24FN3O3. The molecule has 0 aliphatic heterocycles. The third-order valence-corrected chi connectivity index (χ3v) is 4.25. The van der Waals surface area contributed by atoms with Gasteiger partial charge in [-0.3, -0.25) is 14.4 Å². The van der Waals surface area contributed by atoms with Gasteiger partial charge in [0.15, 0.2) is 0 Å². The molecular weight excluding hydrogens is 361 g/mol. The van der Waals surface area contributed by atoms with Crippen LogP contribution in [0.4, 0.5) is 4.39 Å². The van der Waals surface area contributed by atoms with Crippen LogP contribution in [0.3, 0.4) is 0 Å². The minimum Gasteiger partial charge on any atom is -0.355 e. The van der Waals surface area contributed by atoms with Crippen molar-refractivity contribution in [2.75, 3.05) is 7.05 Å². The van der Waals surface area contributed by atoms with Crippen LogP contribution in [0.2, 0.25) is 0 Å². The van der Waals surface area contributed by atoms with Gasteiger partial charge in [0.1, 0.15) is 11.9 Å². The average molecular weight is 385 g/mol. The summed E-state index contributed by atoms with van der Waals surface area (Å²) in [6.45, 7) is 3.92. The Morgan fingerprint density at radius 3 is 1.96 bits per heavy atom. The maximum Gasteiger partial charge on any atom is 0.251 e. The molecule has 148 valence electrons. The summed E-state index contributed by atoms with van der Waals surface area (Å²) in [4.78, 5) is 36.4. The monoisotopic (exact) mass is 385 g/mol. The number of hydrogen-bond acceptors (Lipinski definition) is 3. The summed E-state index contributed by atoms with van der Waals surface area (Å²) in [5.41, 5.74) is 1.64. The molecule has 0 fully saturated rings. The van der Waals surface area contributed by atoms with E-state index in [1.165, 1.54) is 24.3 Å². The third-order valence-electron chi connectivity index (χ3n) is 4.25. The van der Waals surface area contributed by atoms with Gasteiger partial charge in [0.2, 0.25) is 5.91 Å². The molecule has 0 aromatic heterocycles. The Morgan fingerprint density at radius 1 is 0.893 bits per heavy atom. The molecule has 0 saturated carbocycles. The molecule has 0 saturated heterocycles. The predicted molar refractivity (Wildman–Crippen MR) is 104 cm³/mol. The van der Waals surface area contributed by atoms with Crippen molar-refractivity contribution in [3.63, 3.8) is 0 Å². The van der Waals surface area contributed by atoms with E-state index < -0.39 is 17.8 Å². The van der Waals surface area contributed by atoms with E-state index in [9.17, 15) is 18.8 Å². The summed E-state index contributed by atoms with van der Waals surface area (Å²) < 4.78 is 13.0. The van der Waals surface area contributed by atoms with Crippen LogP contribution < -0.4 is 16.0 Å². The maximum absolute atomic E-state index is 13.0. The van der Waals surface area contributed by atoms with Crippen LogP contribution in [-0.2, 0) is 11.3 Å². The van der Waals surface area contributed by atoms with E-state index in [1.807, 2.05) is 13.8 Å². The summed E-state index contributed by atoms with van der Waals surface area (Å²) in [7, 11) is 1.56. The molecule has 3 amide bonds. The molecule has 0 radical (unpaired) electrons. The first kappa shape index (κ1) is 21.1. The van der Waals surface area contributed by atoms with Crippen molar-refractivity contribution in [3.8, 4) is 0 Å². The Morgan fingerprint density at radius 2 is 1.43 bits per heavy atom. The van der Waals surface area contributed by atoms with Gasteiger partial charge < -0.3 is 16.0 Å². The zero-order valence-electron chi connectivity index (χ0n) is 16.1. The fourth-order valence-electron chi connectivity index (χ4n) is 2.58. The van der Waals surface area contributed by atoms with Crippen molar-refractivity contribution >= 4 is 17.7 Å². The first-order valence-corrected chi connectivity index (χ1v) is 8.97. The number of rotatable bonds is 7. The summed E-state index contributed by atoms with van der Waals surface area (Å²) in [5, 5.41) is 8.03. The lowest BCUT2D eigenvalue weighted by atomic mass is 10.0. The van der Waals surface area contributed by atoms with Crippen molar-refractivity contribution < 1.29 is 18.8 Å². The lowest BCUT2D eigenvalue weighted by molar-refractivity contribution is -0.124. The SMILES string of the molecule is CNC(=O)c1ccc(CNC(=O)C(NC(=O)c2ccc(F)cc2)C(C)C)cc1. The smallest absolute Gasteiger partial charge is 0.251 e. The topological polar surface area (TPSA) is 87.3 Å². The molecule has 2 rings (SSSR count). The van der Waals surface area contributed by atoms with Crippen molar-refractivity contribution in [2.45, 2.75) is 26.4 Å². The van der Waals surface area contributed by atoms with Gasteiger partial charge in [-0.2, -0.15) is 0 Å². The molecule has 1 unspecified atom stereocenters. The number of carbonyl (C=O) groups excluding carboxylic acids is 3. The summed E-state index contributed by atoms with van der Waals surface area (Å²) in [5.74, 6) is -1.51. The minimum atomic E-state index is -0.734. The first-order chi connectivity index (χ1) is 13.3. The Hall–Kier alpha value is -3.22. The number of halogens is 1. The molecule has 2 aromatic carbocycles. The normalized spacial score (nSPS) is 11.6. The van der Waals surface area contributed by atoms with E-state index in [1.54, 1.807) is 31.3 Å². The first-order valence-electron chi connectivity index (χ1n) is 8.97. The number of amides is 3. The van der Waals surface area contributed by atoms with Crippen LogP contribution in [0.1, 0.15) is 40.1 Å². The van der Waals surface area contributed by atoms with Crippen LogP contribution in [0.15, 0.2) is 48.5 Å². The van der Waals surface area contributed by atoms with Gasteiger partial charge in [-0.1, -0.05) is 26.0 Å². The van der Waals surface area contributed by atoms with Crippen molar-refractivity contribution in [2.24, 2.45) is 5.92 Å². The molecule has 0 heterocycles. The Kier molecular flexibility index (Phi) is 7.26. The lowest BCUT2D eigenvalue weighted by Gasteiger charge is -2.22. The largest absolute Gasteiger partial charge is 0.355 e. The van der Waals surface area contributed by atoms with E-state index in [4.69, 9.17) is 0 Å². The van der Waals surface area contributed by atoms with Crippen LogP contribution in [-0.4, -0.2) is 30.8 Å². The molecule has 28 heavy (non-hydrogen) atoms. The van der Waals surface area contributed by atoms with Crippen molar-refractivity contribution in [1.29, 1.82) is 0 Å². The predicted octanol–water partition coefficient (Wildman–Crippen LogP) is 2.26. The molecule has 0 aliphatic carbocycles. The number of hydrogen-bond donors (Lipinski definition) is 3. The maximum atomic E-state index is 13.0. The second kappa shape index (κ2) is 9.64. The summed E-state index contributed by atoms with van der Waals surface area (Å²) in [6, 6.07) is 11.3. The number of carbonyl (C=O) groups is 3. The second-order valence-electron chi connectivity index (χ2n) is 6.70. The fourth-order valence-corrected chi connectivity index (χ4v) is 2.58. The van der Waals surface area contributed by atoms with Crippen LogP contribution in [0.5, 0.6) is 0 Å². The third kappa shape index (κ3) is 5.64. The quantitative estimate of drug-likeness (QED) is 0.683. The van der Waals surface area contributed by atoms with E-state index in [2.05, 4.69) is 16.0 Å². The molecule has 6 nitrogen and oxygen atoms in total. The molecule has 0 aliphatic rings. The summed E-state index contributed by atoms with van der Waals surface area (Å²) >= 11 is 0. The fraction of sp³-hybridized carbons (Fsp3) is 0.286. The number of benzene rings is 2. The van der Waals surface area contributed by atoms with Gasteiger partial charge in [0, 0.05) is 24.7 Å². The zero-order chi connectivity index (χ0) is 20.7.